The van der Waals surface area contributed by atoms with Crippen LogP contribution in [0.2, 0.25) is 0 Å². The lowest BCUT2D eigenvalue weighted by atomic mass is 10.1. The van der Waals surface area contributed by atoms with Crippen LogP contribution in [-0.4, -0.2) is 13.1 Å². The molecular formula is C9H12NO2+. The Kier molecular flexibility index (Phi) is 2.45. The van der Waals surface area contributed by atoms with Crippen molar-refractivity contribution < 1.29 is 15.3 Å². The third-order valence-corrected chi connectivity index (χ3v) is 1.67. The maximum atomic E-state index is 11.1. The number of carbonyl (C=O) groups excluding carboxylic acids is 1. The molecule has 1 aromatic carbocycles. The SMILES string of the molecule is COC(=O)c1cc(C)ccc1[NH3+]. The molecule has 0 amide bonds. The standard InChI is InChI=1S/C9H11NO2/c1-6-3-4-8(10)7(5-6)9(11)12-2/h3-5H,10H2,1-2H3/p+1. The Labute approximate surface area is 71.1 Å². The Morgan fingerprint density at radius 2 is 2.17 bits per heavy atom. The van der Waals surface area contributed by atoms with Gasteiger partial charge in [0.1, 0.15) is 11.3 Å². The summed E-state index contributed by atoms with van der Waals surface area (Å²) in [7, 11) is 1.37. The number of rotatable bonds is 1. The van der Waals surface area contributed by atoms with Crippen molar-refractivity contribution >= 4 is 11.7 Å². The Balaban J connectivity index is 3.13. The molecule has 3 N–H and O–H groups in total. The molecule has 0 aliphatic heterocycles. The molecule has 0 aromatic heterocycles. The first-order valence-electron chi connectivity index (χ1n) is 3.66. The molecule has 0 aliphatic carbocycles. The van der Waals surface area contributed by atoms with Gasteiger partial charge in [-0.3, -0.25) is 0 Å². The van der Waals surface area contributed by atoms with Gasteiger partial charge >= 0.3 is 5.97 Å². The van der Waals surface area contributed by atoms with Crippen LogP contribution >= 0.6 is 0 Å². The van der Waals surface area contributed by atoms with Gasteiger partial charge in [-0.1, -0.05) is 6.07 Å². The molecule has 12 heavy (non-hydrogen) atoms. The van der Waals surface area contributed by atoms with E-state index in [-0.39, 0.29) is 5.97 Å². The van der Waals surface area contributed by atoms with Crippen LogP contribution in [0.25, 0.3) is 0 Å². The first-order valence-corrected chi connectivity index (χ1v) is 3.66. The second-order valence-electron chi connectivity index (χ2n) is 2.65. The van der Waals surface area contributed by atoms with E-state index in [0.717, 1.165) is 5.56 Å². The molecule has 3 heteroatoms. The number of hydrogen-bond donors (Lipinski definition) is 1. The van der Waals surface area contributed by atoms with Crippen molar-refractivity contribution in [2.24, 2.45) is 0 Å². The third-order valence-electron chi connectivity index (χ3n) is 1.67. The van der Waals surface area contributed by atoms with Crippen LogP contribution in [-0.2, 0) is 4.74 Å². The zero-order valence-corrected chi connectivity index (χ0v) is 7.26. The van der Waals surface area contributed by atoms with Gasteiger partial charge in [0.2, 0.25) is 0 Å². The molecule has 0 radical (unpaired) electrons. The normalized spacial score (nSPS) is 9.58. The highest BCUT2D eigenvalue weighted by atomic mass is 16.5. The molecule has 1 rings (SSSR count). The van der Waals surface area contributed by atoms with Crippen molar-refractivity contribution in [3.8, 4) is 0 Å². The lowest BCUT2D eigenvalue weighted by molar-refractivity contribution is -0.255. The van der Waals surface area contributed by atoms with Gasteiger partial charge in [0.15, 0.2) is 0 Å². The number of quaternary nitrogens is 1. The average Bonchev–Trinajstić information content (AvgIpc) is 2.08. The molecule has 0 fully saturated rings. The summed E-state index contributed by atoms with van der Waals surface area (Å²) >= 11 is 0. The van der Waals surface area contributed by atoms with Crippen molar-refractivity contribution in [3.63, 3.8) is 0 Å². The minimum Gasteiger partial charge on any atom is -0.465 e. The van der Waals surface area contributed by atoms with Crippen molar-refractivity contribution in [2.75, 3.05) is 7.11 Å². The summed E-state index contributed by atoms with van der Waals surface area (Å²) in [5, 5.41) is 0. The zero-order valence-electron chi connectivity index (χ0n) is 7.26. The van der Waals surface area contributed by atoms with Crippen molar-refractivity contribution in [1.82, 2.24) is 0 Å². The minimum absolute atomic E-state index is 0.330. The van der Waals surface area contributed by atoms with Crippen LogP contribution in [0.3, 0.4) is 0 Å². The molecule has 0 atom stereocenters. The van der Waals surface area contributed by atoms with E-state index in [2.05, 4.69) is 10.5 Å². The van der Waals surface area contributed by atoms with Crippen molar-refractivity contribution in [1.29, 1.82) is 0 Å². The monoisotopic (exact) mass is 166 g/mol. The summed E-state index contributed by atoms with van der Waals surface area (Å²) in [6.45, 7) is 1.92. The first kappa shape index (κ1) is 8.74. The van der Waals surface area contributed by atoms with E-state index < -0.39 is 0 Å². The van der Waals surface area contributed by atoms with Gasteiger partial charge in [-0.25, -0.2) is 4.79 Å². The van der Waals surface area contributed by atoms with Crippen LogP contribution in [0.5, 0.6) is 0 Å². The summed E-state index contributed by atoms with van der Waals surface area (Å²) in [6.07, 6.45) is 0. The fourth-order valence-corrected chi connectivity index (χ4v) is 0.990. The summed E-state index contributed by atoms with van der Waals surface area (Å²) in [5.41, 5.74) is 6.00. The highest BCUT2D eigenvalue weighted by Gasteiger charge is 2.11. The van der Waals surface area contributed by atoms with Crippen LogP contribution in [0.15, 0.2) is 18.2 Å². The maximum Gasteiger partial charge on any atom is 0.343 e. The molecule has 0 bridgehead atoms. The first-order chi connectivity index (χ1) is 5.65. The van der Waals surface area contributed by atoms with E-state index in [1.165, 1.54) is 7.11 Å². The zero-order chi connectivity index (χ0) is 9.14. The lowest BCUT2D eigenvalue weighted by Gasteiger charge is -2.00. The van der Waals surface area contributed by atoms with E-state index in [1.54, 1.807) is 6.07 Å². The van der Waals surface area contributed by atoms with Gasteiger partial charge in [0.25, 0.3) is 0 Å². The van der Waals surface area contributed by atoms with Gasteiger partial charge in [0, 0.05) is 6.07 Å². The minimum atomic E-state index is -0.330. The summed E-state index contributed by atoms with van der Waals surface area (Å²) in [6, 6.07) is 5.49. The predicted molar refractivity (Wildman–Crippen MR) is 45.1 cm³/mol. The van der Waals surface area contributed by atoms with Crippen LogP contribution in [0, 0.1) is 6.92 Å². The lowest BCUT2D eigenvalue weighted by Crippen LogP contribution is -2.42. The van der Waals surface area contributed by atoms with Gasteiger partial charge < -0.3 is 10.5 Å². The molecule has 64 valence electrons. The van der Waals surface area contributed by atoms with Gasteiger partial charge in [0.05, 0.1) is 7.11 Å². The fourth-order valence-electron chi connectivity index (χ4n) is 0.990. The average molecular weight is 166 g/mol. The number of esters is 1. The Morgan fingerprint density at radius 1 is 1.50 bits per heavy atom. The second-order valence-corrected chi connectivity index (χ2v) is 2.65. The van der Waals surface area contributed by atoms with E-state index in [1.807, 2.05) is 19.1 Å². The van der Waals surface area contributed by atoms with Crippen molar-refractivity contribution in [3.05, 3.63) is 29.3 Å². The van der Waals surface area contributed by atoms with E-state index in [9.17, 15) is 4.79 Å². The Morgan fingerprint density at radius 3 is 2.75 bits per heavy atom. The number of hydrogen-bond acceptors (Lipinski definition) is 2. The number of methoxy groups -OCH3 is 1. The topological polar surface area (TPSA) is 53.9 Å². The van der Waals surface area contributed by atoms with Crippen LogP contribution in [0.1, 0.15) is 15.9 Å². The second kappa shape index (κ2) is 3.36. The molecule has 0 saturated carbocycles. The third kappa shape index (κ3) is 1.62. The Bertz CT molecular complexity index is 307. The predicted octanol–water partition coefficient (Wildman–Crippen LogP) is 0.655. The van der Waals surface area contributed by atoms with Crippen molar-refractivity contribution in [2.45, 2.75) is 6.92 Å². The highest BCUT2D eigenvalue weighted by Crippen LogP contribution is 2.12. The maximum absolute atomic E-state index is 11.1. The molecule has 1 aromatic rings. The summed E-state index contributed by atoms with van der Waals surface area (Å²) in [4.78, 5) is 11.1. The Hall–Kier alpha value is -1.35. The van der Waals surface area contributed by atoms with Crippen LogP contribution < -0.4 is 5.73 Å². The van der Waals surface area contributed by atoms with Gasteiger partial charge in [-0.2, -0.15) is 0 Å². The van der Waals surface area contributed by atoms with E-state index in [0.29, 0.717) is 11.3 Å². The highest BCUT2D eigenvalue weighted by molar-refractivity contribution is 5.93. The molecule has 0 unspecified atom stereocenters. The number of aryl methyl sites for hydroxylation is 1. The fraction of sp³-hybridized carbons (Fsp3) is 0.222. The van der Waals surface area contributed by atoms with Gasteiger partial charge in [-0.05, 0) is 18.6 Å². The number of benzene rings is 1. The molecule has 0 aliphatic rings. The van der Waals surface area contributed by atoms with Crippen LogP contribution in [0.4, 0.5) is 5.69 Å². The number of ether oxygens (including phenoxy) is 1. The summed E-state index contributed by atoms with van der Waals surface area (Å²) < 4.78 is 4.59. The molecule has 0 spiro atoms. The number of carbonyl (C=O) groups is 1. The molecule has 0 heterocycles. The smallest absolute Gasteiger partial charge is 0.343 e. The van der Waals surface area contributed by atoms with E-state index in [4.69, 9.17) is 0 Å². The van der Waals surface area contributed by atoms with Gasteiger partial charge in [-0.15, -0.1) is 0 Å². The quantitative estimate of drug-likeness (QED) is 0.623. The van der Waals surface area contributed by atoms with E-state index >= 15 is 0 Å². The molecule has 3 nitrogen and oxygen atoms in total. The molecule has 0 saturated heterocycles. The summed E-state index contributed by atoms with van der Waals surface area (Å²) in [5.74, 6) is -0.330. The largest absolute Gasteiger partial charge is 0.465 e. The molecular weight excluding hydrogens is 154 g/mol.